The summed E-state index contributed by atoms with van der Waals surface area (Å²) in [6.07, 6.45) is -0.133. The van der Waals surface area contributed by atoms with E-state index in [2.05, 4.69) is 5.32 Å². The summed E-state index contributed by atoms with van der Waals surface area (Å²) in [5.41, 5.74) is 1.52. The lowest BCUT2D eigenvalue weighted by molar-refractivity contribution is -0.115. The highest BCUT2D eigenvalue weighted by molar-refractivity contribution is 8.13. The number of anilines is 1. The molecular weight excluding hydrogens is 384 g/mol. The Morgan fingerprint density at radius 3 is 2.15 bits per heavy atom. The highest BCUT2D eigenvalue weighted by Gasteiger charge is 2.16. The number of hydrogen-bond acceptors (Lipinski definition) is 5. The lowest BCUT2D eigenvalue weighted by atomic mass is 10.2. The van der Waals surface area contributed by atoms with E-state index in [1.165, 1.54) is 4.90 Å². The van der Waals surface area contributed by atoms with E-state index in [0.717, 1.165) is 22.2 Å². The molecule has 0 saturated heterocycles. The van der Waals surface area contributed by atoms with Crippen LogP contribution in [0, 0.1) is 6.92 Å². The van der Waals surface area contributed by atoms with Gasteiger partial charge in [-0.3, -0.25) is 9.59 Å². The molecule has 0 aliphatic carbocycles. The highest BCUT2D eigenvalue weighted by Crippen LogP contribution is 2.22. The van der Waals surface area contributed by atoms with Gasteiger partial charge in [0.05, 0.1) is 10.6 Å². The number of amides is 2. The number of hydrogen-bond donors (Lipinski definition) is 1. The van der Waals surface area contributed by atoms with Gasteiger partial charge in [-0.1, -0.05) is 17.7 Å². The first kappa shape index (κ1) is 21.0. The average molecular weight is 407 g/mol. The Labute approximate surface area is 163 Å². The maximum absolute atomic E-state index is 12.3. The first-order chi connectivity index (χ1) is 12.7. The molecule has 2 aromatic rings. The van der Waals surface area contributed by atoms with E-state index < -0.39 is 9.84 Å². The fourth-order valence-corrected chi connectivity index (χ4v) is 4.01. The van der Waals surface area contributed by atoms with E-state index in [4.69, 9.17) is 0 Å². The molecule has 0 unspecified atom stereocenters. The van der Waals surface area contributed by atoms with Crippen molar-refractivity contribution >= 4 is 38.4 Å². The van der Waals surface area contributed by atoms with Crippen LogP contribution in [0.3, 0.4) is 0 Å². The maximum Gasteiger partial charge on any atom is 0.285 e. The number of benzene rings is 2. The van der Waals surface area contributed by atoms with Crippen molar-refractivity contribution < 1.29 is 18.0 Å². The Bertz CT molecular complexity index is 906. The molecule has 1 N–H and O–H groups in total. The molecule has 2 rings (SSSR count). The van der Waals surface area contributed by atoms with Gasteiger partial charge in [-0.15, -0.1) is 0 Å². The molecule has 2 aromatic carbocycles. The van der Waals surface area contributed by atoms with E-state index in [1.807, 2.05) is 6.92 Å². The lowest BCUT2D eigenvalue weighted by Gasteiger charge is -2.10. The SMILES string of the molecule is Cc1ccc(S(=O)(=O)CCC(=O)Nc2ccc(SC(=O)N(C)C)cc2)cc1. The minimum Gasteiger partial charge on any atom is -0.339 e. The van der Waals surface area contributed by atoms with Crippen molar-refractivity contribution in [2.45, 2.75) is 23.1 Å². The van der Waals surface area contributed by atoms with Gasteiger partial charge in [-0.25, -0.2) is 8.42 Å². The summed E-state index contributed by atoms with van der Waals surface area (Å²) in [7, 11) is -0.149. The van der Waals surface area contributed by atoms with E-state index in [-0.39, 0.29) is 28.2 Å². The predicted octanol–water partition coefficient (Wildman–Crippen LogP) is 3.57. The van der Waals surface area contributed by atoms with Crippen LogP contribution in [-0.4, -0.2) is 44.3 Å². The van der Waals surface area contributed by atoms with Crippen LogP contribution in [0.25, 0.3) is 0 Å². The molecule has 0 heterocycles. The summed E-state index contributed by atoms with van der Waals surface area (Å²) in [4.78, 5) is 26.2. The number of nitrogens with one attached hydrogen (secondary N) is 1. The minimum atomic E-state index is -3.50. The third-order valence-corrected chi connectivity index (χ3v) is 6.47. The normalized spacial score (nSPS) is 11.1. The van der Waals surface area contributed by atoms with E-state index >= 15 is 0 Å². The molecule has 0 saturated carbocycles. The zero-order valence-electron chi connectivity index (χ0n) is 15.4. The Morgan fingerprint density at radius 2 is 1.59 bits per heavy atom. The van der Waals surface area contributed by atoms with Gasteiger partial charge in [0.1, 0.15) is 0 Å². The van der Waals surface area contributed by atoms with Crippen molar-refractivity contribution in [1.29, 1.82) is 0 Å². The summed E-state index contributed by atoms with van der Waals surface area (Å²) in [5.74, 6) is -0.636. The second-order valence-corrected chi connectivity index (χ2v) is 9.35. The van der Waals surface area contributed by atoms with Gasteiger partial charge < -0.3 is 10.2 Å². The van der Waals surface area contributed by atoms with Gasteiger partial charge in [0, 0.05) is 31.1 Å². The molecular formula is C19H22N2O4S2. The number of aryl methyl sites for hydroxylation is 1. The summed E-state index contributed by atoms with van der Waals surface area (Å²) in [6, 6.07) is 13.4. The molecule has 0 aliphatic rings. The van der Waals surface area contributed by atoms with Gasteiger partial charge in [0.25, 0.3) is 5.24 Å². The molecule has 2 amide bonds. The first-order valence-electron chi connectivity index (χ1n) is 8.26. The monoisotopic (exact) mass is 406 g/mol. The van der Waals surface area contributed by atoms with Gasteiger partial charge in [-0.05, 0) is 55.1 Å². The zero-order chi connectivity index (χ0) is 20.0. The molecule has 0 atom stereocenters. The van der Waals surface area contributed by atoms with Crippen molar-refractivity contribution in [2.24, 2.45) is 0 Å². The number of sulfone groups is 1. The van der Waals surface area contributed by atoms with Crippen LogP contribution in [0.4, 0.5) is 10.5 Å². The summed E-state index contributed by atoms with van der Waals surface area (Å²) >= 11 is 1.09. The third-order valence-electron chi connectivity index (χ3n) is 3.69. The minimum absolute atomic E-state index is 0.0897. The topological polar surface area (TPSA) is 83.5 Å². The largest absolute Gasteiger partial charge is 0.339 e. The third kappa shape index (κ3) is 6.41. The van der Waals surface area contributed by atoms with Crippen LogP contribution in [0.5, 0.6) is 0 Å². The van der Waals surface area contributed by atoms with Crippen LogP contribution in [0.1, 0.15) is 12.0 Å². The van der Waals surface area contributed by atoms with Gasteiger partial charge >= 0.3 is 0 Å². The smallest absolute Gasteiger partial charge is 0.285 e. The molecule has 0 aromatic heterocycles. The molecule has 144 valence electrons. The van der Waals surface area contributed by atoms with Crippen molar-refractivity contribution in [1.82, 2.24) is 4.90 Å². The first-order valence-corrected chi connectivity index (χ1v) is 10.7. The molecule has 6 nitrogen and oxygen atoms in total. The summed E-state index contributed by atoms with van der Waals surface area (Å²) < 4.78 is 24.6. The Morgan fingerprint density at radius 1 is 1.00 bits per heavy atom. The second kappa shape index (κ2) is 9.05. The van der Waals surface area contributed by atoms with Crippen molar-refractivity contribution in [3.05, 3.63) is 54.1 Å². The highest BCUT2D eigenvalue weighted by atomic mass is 32.2. The van der Waals surface area contributed by atoms with Gasteiger partial charge in [0.15, 0.2) is 9.84 Å². The number of carbonyl (C=O) groups is 2. The molecule has 27 heavy (non-hydrogen) atoms. The summed E-state index contributed by atoms with van der Waals surface area (Å²) in [5, 5.41) is 2.58. The van der Waals surface area contributed by atoms with Crippen LogP contribution in [0.15, 0.2) is 58.3 Å². The van der Waals surface area contributed by atoms with Crippen molar-refractivity contribution in [3.8, 4) is 0 Å². The van der Waals surface area contributed by atoms with Crippen LogP contribution >= 0.6 is 11.8 Å². The number of rotatable bonds is 6. The Kier molecular flexibility index (Phi) is 7.04. The number of carbonyl (C=O) groups excluding carboxylic acids is 2. The lowest BCUT2D eigenvalue weighted by Crippen LogP contribution is -2.17. The molecule has 0 radical (unpaired) electrons. The van der Waals surface area contributed by atoms with Crippen LogP contribution in [0.2, 0.25) is 0 Å². The quantitative estimate of drug-likeness (QED) is 0.742. The fourth-order valence-electron chi connectivity index (χ4n) is 2.11. The maximum atomic E-state index is 12.3. The van der Waals surface area contributed by atoms with Crippen LogP contribution < -0.4 is 5.32 Å². The number of thioether (sulfide) groups is 1. The predicted molar refractivity (Wildman–Crippen MR) is 108 cm³/mol. The molecule has 0 fully saturated rings. The molecule has 0 bridgehead atoms. The Balaban J connectivity index is 1.90. The van der Waals surface area contributed by atoms with Crippen LogP contribution in [-0.2, 0) is 14.6 Å². The van der Waals surface area contributed by atoms with Crippen molar-refractivity contribution in [2.75, 3.05) is 25.2 Å². The van der Waals surface area contributed by atoms with Crippen molar-refractivity contribution in [3.63, 3.8) is 0 Å². The molecule has 8 heteroatoms. The fraction of sp³-hybridized carbons (Fsp3) is 0.263. The number of nitrogens with zero attached hydrogens (tertiary/aromatic N) is 1. The van der Waals surface area contributed by atoms with Gasteiger partial charge in [0.2, 0.25) is 5.91 Å². The zero-order valence-corrected chi connectivity index (χ0v) is 17.1. The molecule has 0 spiro atoms. The van der Waals surface area contributed by atoms with E-state index in [9.17, 15) is 18.0 Å². The second-order valence-electron chi connectivity index (χ2n) is 6.22. The summed E-state index contributed by atoms with van der Waals surface area (Å²) in [6.45, 7) is 1.88. The van der Waals surface area contributed by atoms with Gasteiger partial charge in [-0.2, -0.15) is 0 Å². The average Bonchev–Trinajstić information content (AvgIpc) is 2.62. The Hall–Kier alpha value is -2.32. The standard InChI is InChI=1S/C19H22N2O4S2/c1-14-4-10-17(11-5-14)27(24,25)13-12-18(22)20-15-6-8-16(9-7-15)26-19(23)21(2)3/h4-11H,12-13H2,1-3H3,(H,20,22). The molecule has 0 aliphatic heterocycles. The van der Waals surface area contributed by atoms with E-state index in [1.54, 1.807) is 62.6 Å². The van der Waals surface area contributed by atoms with E-state index in [0.29, 0.717) is 5.69 Å².